The van der Waals surface area contributed by atoms with Gasteiger partial charge in [-0.2, -0.15) is 0 Å². The van der Waals surface area contributed by atoms with E-state index in [4.69, 9.17) is 0 Å². The quantitative estimate of drug-likeness (QED) is 0.732. The summed E-state index contributed by atoms with van der Waals surface area (Å²) in [5.74, 6) is -0.0823. The first kappa shape index (κ1) is 14.8. The van der Waals surface area contributed by atoms with Gasteiger partial charge in [-0.1, -0.05) is 6.07 Å². The Morgan fingerprint density at radius 3 is 2.92 bits per heavy atom. The van der Waals surface area contributed by atoms with E-state index in [1.54, 1.807) is 12.3 Å². The summed E-state index contributed by atoms with van der Waals surface area (Å²) in [6.45, 7) is 2.99. The number of carboxylic acid groups (broad SMARTS) is 1. The fraction of sp³-hybridized carbons (Fsp3) is 0.263. The third-order valence-electron chi connectivity index (χ3n) is 4.60. The van der Waals surface area contributed by atoms with Gasteiger partial charge in [0.25, 0.3) is 0 Å². The zero-order chi connectivity index (χ0) is 16.7. The second-order valence-corrected chi connectivity index (χ2v) is 6.21. The minimum atomic E-state index is -0.953. The summed E-state index contributed by atoms with van der Waals surface area (Å²) >= 11 is 0. The van der Waals surface area contributed by atoms with Gasteiger partial charge < -0.3 is 15.0 Å². The van der Waals surface area contributed by atoms with Crippen LogP contribution in [0.15, 0.2) is 42.7 Å². The third-order valence-corrected chi connectivity index (χ3v) is 4.60. The number of carbonyl (C=O) groups is 1. The van der Waals surface area contributed by atoms with E-state index in [9.17, 15) is 9.90 Å². The van der Waals surface area contributed by atoms with E-state index in [0.717, 1.165) is 41.5 Å². The monoisotopic (exact) mass is 321 g/mol. The van der Waals surface area contributed by atoms with Gasteiger partial charge in [-0.05, 0) is 55.5 Å². The maximum Gasteiger partial charge on any atom is 0.339 e. The van der Waals surface area contributed by atoms with Crippen LogP contribution in [0.3, 0.4) is 0 Å². The third kappa shape index (κ3) is 2.52. The average molecular weight is 321 g/mol. The standard InChI is InChI=1S/C19H19N3O2/c1-2-22-9-8-14-16(4-3-5-17(14)22)21-18-15(19(23)24)10-13(11-20-18)12-6-7-12/h3-5,8-12H,2,6-7H2,1H3,(H,20,21)(H,23,24). The van der Waals surface area contributed by atoms with Crippen LogP contribution in [-0.2, 0) is 6.54 Å². The van der Waals surface area contributed by atoms with Crippen LogP contribution >= 0.6 is 0 Å². The van der Waals surface area contributed by atoms with Crippen LogP contribution in [0, 0.1) is 0 Å². The molecule has 5 heteroatoms. The van der Waals surface area contributed by atoms with Crippen LogP contribution < -0.4 is 5.32 Å². The summed E-state index contributed by atoms with van der Waals surface area (Å²) in [5.41, 5.74) is 3.24. The van der Waals surface area contributed by atoms with Crippen LogP contribution in [0.4, 0.5) is 11.5 Å². The van der Waals surface area contributed by atoms with E-state index >= 15 is 0 Å². The molecule has 0 spiro atoms. The minimum Gasteiger partial charge on any atom is -0.478 e. The number of aromatic carboxylic acids is 1. The van der Waals surface area contributed by atoms with E-state index in [0.29, 0.717) is 11.7 Å². The molecule has 1 aromatic carbocycles. The molecule has 1 aliphatic rings. The molecule has 24 heavy (non-hydrogen) atoms. The number of anilines is 2. The molecule has 1 saturated carbocycles. The Bertz CT molecular complexity index is 926. The number of hydrogen-bond acceptors (Lipinski definition) is 3. The summed E-state index contributed by atoms with van der Waals surface area (Å²) in [7, 11) is 0. The molecule has 0 atom stereocenters. The first-order chi connectivity index (χ1) is 11.7. The highest BCUT2D eigenvalue weighted by Gasteiger charge is 2.26. The van der Waals surface area contributed by atoms with Crippen molar-refractivity contribution < 1.29 is 9.90 Å². The summed E-state index contributed by atoms with van der Waals surface area (Å²) in [6, 6.07) is 9.78. The molecular formula is C19H19N3O2. The fourth-order valence-electron chi connectivity index (χ4n) is 3.12. The Morgan fingerprint density at radius 1 is 1.38 bits per heavy atom. The predicted molar refractivity (Wildman–Crippen MR) is 94.1 cm³/mol. The van der Waals surface area contributed by atoms with Gasteiger partial charge in [-0.3, -0.25) is 0 Å². The summed E-state index contributed by atoms with van der Waals surface area (Å²) < 4.78 is 2.16. The molecule has 2 aromatic heterocycles. The molecule has 0 bridgehead atoms. The molecule has 122 valence electrons. The van der Waals surface area contributed by atoms with Crippen molar-refractivity contribution >= 4 is 28.4 Å². The number of nitrogens with zero attached hydrogens (tertiary/aromatic N) is 2. The smallest absolute Gasteiger partial charge is 0.339 e. The number of aromatic nitrogens is 2. The number of nitrogens with one attached hydrogen (secondary N) is 1. The molecule has 1 aliphatic carbocycles. The van der Waals surface area contributed by atoms with Crippen molar-refractivity contribution in [3.63, 3.8) is 0 Å². The maximum atomic E-state index is 11.6. The van der Waals surface area contributed by atoms with Crippen molar-refractivity contribution in [3.8, 4) is 0 Å². The van der Waals surface area contributed by atoms with E-state index < -0.39 is 5.97 Å². The maximum absolute atomic E-state index is 11.6. The van der Waals surface area contributed by atoms with Gasteiger partial charge in [0.1, 0.15) is 11.4 Å². The molecule has 0 unspecified atom stereocenters. The molecule has 0 amide bonds. The number of carboxylic acids is 1. The fourth-order valence-corrected chi connectivity index (χ4v) is 3.12. The molecule has 4 rings (SSSR count). The Kier molecular flexibility index (Phi) is 3.49. The number of hydrogen-bond donors (Lipinski definition) is 2. The van der Waals surface area contributed by atoms with Gasteiger partial charge in [-0.15, -0.1) is 0 Å². The lowest BCUT2D eigenvalue weighted by atomic mass is 10.1. The number of aryl methyl sites for hydroxylation is 1. The first-order valence-corrected chi connectivity index (χ1v) is 8.25. The molecule has 0 aliphatic heterocycles. The first-order valence-electron chi connectivity index (χ1n) is 8.25. The van der Waals surface area contributed by atoms with Crippen molar-refractivity contribution in [2.45, 2.75) is 32.2 Å². The van der Waals surface area contributed by atoms with Gasteiger partial charge >= 0.3 is 5.97 Å². The van der Waals surface area contributed by atoms with Gasteiger partial charge in [0.2, 0.25) is 0 Å². The van der Waals surface area contributed by atoms with Crippen LogP contribution in [-0.4, -0.2) is 20.6 Å². The van der Waals surface area contributed by atoms with Crippen molar-refractivity contribution in [1.29, 1.82) is 0 Å². The molecule has 1 fully saturated rings. The van der Waals surface area contributed by atoms with Crippen molar-refractivity contribution in [2.75, 3.05) is 5.32 Å². The van der Waals surface area contributed by atoms with Gasteiger partial charge in [-0.25, -0.2) is 9.78 Å². The highest BCUT2D eigenvalue weighted by Crippen LogP contribution is 2.40. The van der Waals surface area contributed by atoms with Crippen molar-refractivity contribution in [1.82, 2.24) is 9.55 Å². The Morgan fingerprint density at radius 2 is 2.21 bits per heavy atom. The average Bonchev–Trinajstić information content (AvgIpc) is 3.34. The lowest BCUT2D eigenvalue weighted by molar-refractivity contribution is 0.0697. The Hall–Kier alpha value is -2.82. The summed E-state index contributed by atoms with van der Waals surface area (Å²) in [4.78, 5) is 16.0. The van der Waals surface area contributed by atoms with E-state index in [1.807, 2.05) is 24.4 Å². The Balaban J connectivity index is 1.75. The lowest BCUT2D eigenvalue weighted by Crippen LogP contribution is -2.06. The molecule has 2 heterocycles. The lowest BCUT2D eigenvalue weighted by Gasteiger charge is -2.11. The number of fused-ring (bicyclic) bond motifs is 1. The highest BCUT2D eigenvalue weighted by atomic mass is 16.4. The van der Waals surface area contributed by atoms with Crippen LogP contribution in [0.5, 0.6) is 0 Å². The molecule has 2 N–H and O–H groups in total. The minimum absolute atomic E-state index is 0.228. The van der Waals surface area contributed by atoms with Gasteiger partial charge in [0.15, 0.2) is 0 Å². The molecular weight excluding hydrogens is 302 g/mol. The van der Waals surface area contributed by atoms with Crippen molar-refractivity contribution in [2.24, 2.45) is 0 Å². The second kappa shape index (κ2) is 5.67. The number of benzene rings is 1. The van der Waals surface area contributed by atoms with E-state index in [2.05, 4.69) is 27.9 Å². The molecule has 0 saturated heterocycles. The van der Waals surface area contributed by atoms with E-state index in [1.165, 1.54) is 0 Å². The van der Waals surface area contributed by atoms with Gasteiger partial charge in [0, 0.05) is 30.0 Å². The topological polar surface area (TPSA) is 67.2 Å². The van der Waals surface area contributed by atoms with Crippen molar-refractivity contribution in [3.05, 3.63) is 53.9 Å². The van der Waals surface area contributed by atoms with Crippen LogP contribution in [0.2, 0.25) is 0 Å². The largest absolute Gasteiger partial charge is 0.478 e. The van der Waals surface area contributed by atoms with Gasteiger partial charge in [0.05, 0.1) is 5.52 Å². The van der Waals surface area contributed by atoms with Crippen LogP contribution in [0.1, 0.15) is 41.6 Å². The second-order valence-electron chi connectivity index (χ2n) is 6.21. The number of pyridine rings is 1. The SMILES string of the molecule is CCn1ccc2c(Nc3ncc(C4CC4)cc3C(=O)O)cccc21. The summed E-state index contributed by atoms with van der Waals surface area (Å²) in [5, 5.41) is 13.8. The highest BCUT2D eigenvalue weighted by molar-refractivity contribution is 5.98. The number of rotatable bonds is 5. The predicted octanol–water partition coefficient (Wildman–Crippen LogP) is 4.38. The normalized spacial score (nSPS) is 14.0. The van der Waals surface area contributed by atoms with E-state index in [-0.39, 0.29) is 5.56 Å². The Labute approximate surface area is 139 Å². The zero-order valence-corrected chi connectivity index (χ0v) is 13.5. The molecule has 5 nitrogen and oxygen atoms in total. The molecule has 0 radical (unpaired) electrons. The molecule has 3 aromatic rings. The van der Waals surface area contributed by atoms with Crippen LogP contribution in [0.25, 0.3) is 10.9 Å². The zero-order valence-electron chi connectivity index (χ0n) is 13.5. The summed E-state index contributed by atoms with van der Waals surface area (Å²) in [6.07, 6.45) is 6.08.